The number of halogens is 1. The summed E-state index contributed by atoms with van der Waals surface area (Å²) in [6.07, 6.45) is 10.1. The molecule has 3 nitrogen and oxygen atoms in total. The van der Waals surface area contributed by atoms with Gasteiger partial charge in [0, 0.05) is 16.9 Å². The van der Waals surface area contributed by atoms with Gasteiger partial charge in [-0.1, -0.05) is 22.0 Å². The molecule has 0 aromatic carbocycles. The second kappa shape index (κ2) is 5.05. The number of carbonyl (C=O) groups excluding carboxylic acids is 1. The highest BCUT2D eigenvalue weighted by Gasteiger charge is 2.57. The summed E-state index contributed by atoms with van der Waals surface area (Å²) in [5.41, 5.74) is 1.25. The number of aromatic nitrogens is 1. The largest absolute Gasteiger partial charge is 0.310 e. The van der Waals surface area contributed by atoms with Crippen LogP contribution in [0.15, 0.2) is 18.3 Å². The molecule has 5 rings (SSSR count). The van der Waals surface area contributed by atoms with E-state index in [1.807, 2.05) is 19.1 Å². The molecular weight excluding hydrogens is 340 g/mol. The first-order valence-corrected chi connectivity index (χ1v) is 9.15. The van der Waals surface area contributed by atoms with Gasteiger partial charge in [0.1, 0.15) is 5.82 Å². The molecule has 1 aromatic heterocycles. The van der Waals surface area contributed by atoms with Crippen LogP contribution in [0.1, 0.15) is 50.5 Å². The van der Waals surface area contributed by atoms with Gasteiger partial charge >= 0.3 is 0 Å². The molecule has 4 aliphatic rings. The van der Waals surface area contributed by atoms with Crippen molar-refractivity contribution in [2.45, 2.75) is 56.2 Å². The Labute approximate surface area is 140 Å². The summed E-state index contributed by atoms with van der Waals surface area (Å²) in [7, 11) is 0. The van der Waals surface area contributed by atoms with Crippen molar-refractivity contribution in [2.24, 2.45) is 17.3 Å². The van der Waals surface area contributed by atoms with Gasteiger partial charge in [-0.25, -0.2) is 4.98 Å². The number of carbonyl (C=O) groups is 1. The van der Waals surface area contributed by atoms with Gasteiger partial charge in [-0.2, -0.15) is 0 Å². The lowest BCUT2D eigenvalue weighted by atomic mass is 9.48. The third-order valence-electron chi connectivity index (χ3n) is 5.91. The fraction of sp³-hybridized carbons (Fsp3) is 0.667. The van der Waals surface area contributed by atoms with Crippen LogP contribution >= 0.6 is 15.9 Å². The van der Waals surface area contributed by atoms with Crippen LogP contribution in [0.2, 0.25) is 0 Å². The second-order valence-corrected chi connectivity index (χ2v) is 9.69. The number of hydrogen-bond donors (Lipinski definition) is 1. The van der Waals surface area contributed by atoms with Gasteiger partial charge in [-0.05, 0) is 74.3 Å². The topological polar surface area (TPSA) is 42.0 Å². The lowest BCUT2D eigenvalue weighted by molar-refractivity contribution is -0.123. The molecule has 1 heterocycles. The number of hydrogen-bond acceptors (Lipinski definition) is 2. The highest BCUT2D eigenvalue weighted by molar-refractivity contribution is 9.10. The third kappa shape index (κ3) is 2.60. The van der Waals surface area contributed by atoms with Crippen LogP contribution in [0.5, 0.6) is 0 Å². The number of aryl methyl sites for hydroxylation is 1. The molecule has 1 N–H and O–H groups in total. The summed E-state index contributed by atoms with van der Waals surface area (Å²) in [5.74, 6) is 2.50. The highest BCUT2D eigenvalue weighted by atomic mass is 79.9. The van der Waals surface area contributed by atoms with Crippen LogP contribution in [0.25, 0.3) is 0 Å². The minimum absolute atomic E-state index is 0.139. The molecule has 0 aliphatic heterocycles. The molecule has 4 fully saturated rings. The fourth-order valence-corrected chi connectivity index (χ4v) is 7.19. The maximum absolute atomic E-state index is 12.6. The SMILES string of the molecule is Cc1cccnc1NC(=O)CC12CC3CC(CC(Br)(C3)C1)C2. The van der Waals surface area contributed by atoms with E-state index in [1.54, 1.807) is 6.20 Å². The molecule has 1 aromatic rings. The summed E-state index contributed by atoms with van der Waals surface area (Å²) >= 11 is 4.02. The molecule has 4 aliphatic carbocycles. The number of rotatable bonds is 3. The zero-order valence-corrected chi connectivity index (χ0v) is 14.7. The Bertz CT molecular complexity index is 601. The molecule has 2 atom stereocenters. The molecular formula is C18H23BrN2O. The summed E-state index contributed by atoms with van der Waals surface area (Å²) in [5, 5.41) is 3.03. The normalized spacial score (nSPS) is 39.0. The average molecular weight is 363 g/mol. The fourth-order valence-electron chi connectivity index (χ4n) is 5.68. The lowest BCUT2D eigenvalue weighted by Crippen LogP contribution is -2.53. The number of nitrogens with one attached hydrogen (secondary N) is 1. The molecule has 0 radical (unpaired) electrons. The van der Waals surface area contributed by atoms with E-state index in [1.165, 1.54) is 38.5 Å². The lowest BCUT2D eigenvalue weighted by Gasteiger charge is -2.60. The van der Waals surface area contributed by atoms with Gasteiger partial charge in [0.05, 0.1) is 0 Å². The molecule has 118 valence electrons. The molecule has 4 saturated carbocycles. The molecule has 4 heteroatoms. The number of alkyl halides is 1. The summed E-state index contributed by atoms with van der Waals surface area (Å²) in [6, 6.07) is 3.89. The quantitative estimate of drug-likeness (QED) is 0.806. The van der Waals surface area contributed by atoms with Crippen molar-refractivity contribution < 1.29 is 4.79 Å². The van der Waals surface area contributed by atoms with Crippen molar-refractivity contribution in [3.63, 3.8) is 0 Å². The Hall–Kier alpha value is -0.900. The van der Waals surface area contributed by atoms with Crippen molar-refractivity contribution >= 4 is 27.7 Å². The first-order valence-electron chi connectivity index (χ1n) is 8.36. The Balaban J connectivity index is 1.49. The average Bonchev–Trinajstić information content (AvgIpc) is 2.37. The first kappa shape index (κ1) is 14.7. The zero-order valence-electron chi connectivity index (χ0n) is 13.1. The van der Waals surface area contributed by atoms with Crippen LogP contribution < -0.4 is 5.32 Å². The Morgan fingerprint density at radius 2 is 2.09 bits per heavy atom. The summed E-state index contributed by atoms with van der Waals surface area (Å²) in [4.78, 5) is 16.9. The van der Waals surface area contributed by atoms with Gasteiger partial charge in [-0.15, -0.1) is 0 Å². The van der Waals surface area contributed by atoms with E-state index in [2.05, 4.69) is 26.2 Å². The van der Waals surface area contributed by atoms with E-state index in [9.17, 15) is 4.79 Å². The number of pyridine rings is 1. The Morgan fingerprint density at radius 1 is 1.36 bits per heavy atom. The minimum Gasteiger partial charge on any atom is -0.310 e. The highest BCUT2D eigenvalue weighted by Crippen LogP contribution is 2.65. The number of amides is 1. The van der Waals surface area contributed by atoms with Crippen LogP contribution in [0, 0.1) is 24.2 Å². The van der Waals surface area contributed by atoms with Gasteiger partial charge in [0.2, 0.25) is 5.91 Å². The standard InChI is InChI=1S/C18H23BrN2O/c1-12-3-2-4-20-16(12)21-15(22)10-17-6-13-5-14(7-17)9-18(19,8-13)11-17/h2-4,13-14H,5-11H2,1H3,(H,20,21,22). The van der Waals surface area contributed by atoms with Gasteiger partial charge in [0.15, 0.2) is 0 Å². The Kier molecular flexibility index (Phi) is 3.37. The van der Waals surface area contributed by atoms with Crippen molar-refractivity contribution in [1.82, 2.24) is 4.98 Å². The van der Waals surface area contributed by atoms with Gasteiger partial charge in [-0.3, -0.25) is 4.79 Å². The van der Waals surface area contributed by atoms with E-state index in [0.717, 1.165) is 17.4 Å². The summed E-state index contributed by atoms with van der Waals surface area (Å²) < 4.78 is 0.318. The van der Waals surface area contributed by atoms with E-state index >= 15 is 0 Å². The van der Waals surface area contributed by atoms with E-state index in [0.29, 0.717) is 16.6 Å². The van der Waals surface area contributed by atoms with E-state index < -0.39 is 0 Å². The molecule has 1 amide bonds. The predicted octanol–water partition coefficient (Wildman–Crippen LogP) is 4.45. The maximum Gasteiger partial charge on any atom is 0.226 e. The van der Waals surface area contributed by atoms with Gasteiger partial charge in [0.25, 0.3) is 0 Å². The van der Waals surface area contributed by atoms with Crippen molar-refractivity contribution in [1.29, 1.82) is 0 Å². The molecule has 0 saturated heterocycles. The van der Waals surface area contributed by atoms with Crippen molar-refractivity contribution in [3.8, 4) is 0 Å². The minimum atomic E-state index is 0.139. The van der Waals surface area contributed by atoms with E-state index in [-0.39, 0.29) is 11.3 Å². The Morgan fingerprint density at radius 3 is 2.73 bits per heavy atom. The molecule has 22 heavy (non-hydrogen) atoms. The third-order valence-corrected chi connectivity index (χ3v) is 6.84. The van der Waals surface area contributed by atoms with Crippen LogP contribution in [-0.2, 0) is 4.79 Å². The van der Waals surface area contributed by atoms with Gasteiger partial charge < -0.3 is 5.32 Å². The first-order chi connectivity index (χ1) is 10.5. The smallest absolute Gasteiger partial charge is 0.226 e. The van der Waals surface area contributed by atoms with Crippen molar-refractivity contribution in [2.75, 3.05) is 5.32 Å². The van der Waals surface area contributed by atoms with Crippen molar-refractivity contribution in [3.05, 3.63) is 23.9 Å². The second-order valence-electron chi connectivity index (χ2n) is 8.01. The number of nitrogens with zero attached hydrogens (tertiary/aromatic N) is 1. The molecule has 2 unspecified atom stereocenters. The van der Waals surface area contributed by atoms with Crippen LogP contribution in [-0.4, -0.2) is 15.2 Å². The number of anilines is 1. The predicted molar refractivity (Wildman–Crippen MR) is 91.0 cm³/mol. The van der Waals surface area contributed by atoms with Crippen LogP contribution in [0.3, 0.4) is 0 Å². The zero-order chi connectivity index (χ0) is 15.4. The molecule has 4 bridgehead atoms. The maximum atomic E-state index is 12.6. The molecule has 0 spiro atoms. The van der Waals surface area contributed by atoms with E-state index in [4.69, 9.17) is 0 Å². The monoisotopic (exact) mass is 362 g/mol. The summed E-state index contributed by atoms with van der Waals surface area (Å²) in [6.45, 7) is 1.99. The van der Waals surface area contributed by atoms with Crippen LogP contribution in [0.4, 0.5) is 5.82 Å².